The van der Waals surface area contributed by atoms with Crippen molar-refractivity contribution in [2.45, 2.75) is 129 Å². The van der Waals surface area contributed by atoms with Gasteiger partial charge >= 0.3 is 11.9 Å². The van der Waals surface area contributed by atoms with Crippen molar-refractivity contribution in [1.29, 1.82) is 0 Å². The van der Waals surface area contributed by atoms with Gasteiger partial charge in [-0.25, -0.2) is 9.59 Å². The van der Waals surface area contributed by atoms with Crippen molar-refractivity contribution in [2.24, 2.45) is 0 Å². The minimum Gasteiger partial charge on any atom is -0.507 e. The number of benzene rings is 4. The highest BCUT2D eigenvalue weighted by molar-refractivity contribution is 5.98. The largest absolute Gasteiger partial charge is 0.507 e. The van der Waals surface area contributed by atoms with Crippen LogP contribution < -0.4 is 4.74 Å². The highest BCUT2D eigenvalue weighted by atomic mass is 16.5. The molecule has 272 valence electrons. The summed E-state index contributed by atoms with van der Waals surface area (Å²) < 4.78 is 6.26. The van der Waals surface area contributed by atoms with E-state index < -0.39 is 17.4 Å². The maximum atomic E-state index is 14.5. The minimum absolute atomic E-state index is 0.0168. The minimum atomic E-state index is -1.15. The van der Waals surface area contributed by atoms with Crippen molar-refractivity contribution < 1.29 is 24.5 Å². The van der Waals surface area contributed by atoms with Crippen LogP contribution in [0.2, 0.25) is 0 Å². The number of hydrogen-bond donors (Lipinski definition) is 2. The molecule has 4 aromatic rings. The van der Waals surface area contributed by atoms with Gasteiger partial charge in [0, 0.05) is 23.0 Å². The molecule has 2 atom stereocenters. The second-order valence-corrected chi connectivity index (χ2v) is 15.5. The van der Waals surface area contributed by atoms with Gasteiger partial charge in [-0.1, -0.05) is 167 Å². The molecule has 0 saturated carbocycles. The van der Waals surface area contributed by atoms with Gasteiger partial charge in [0.2, 0.25) is 0 Å². The molecule has 0 spiro atoms. The number of esters is 1. The van der Waals surface area contributed by atoms with Crippen molar-refractivity contribution in [3.63, 3.8) is 0 Å². The lowest BCUT2D eigenvalue weighted by atomic mass is 9.73. The summed E-state index contributed by atoms with van der Waals surface area (Å²) in [6.45, 7) is 17.0. The molecule has 0 aliphatic rings. The smallest absolute Gasteiger partial charge is 0.347 e. The van der Waals surface area contributed by atoms with Crippen LogP contribution in [0.25, 0.3) is 0 Å². The molecule has 5 nitrogen and oxygen atoms in total. The quantitative estimate of drug-likeness (QED) is 0.0654. The third-order valence-corrected chi connectivity index (χ3v) is 10.8. The third kappa shape index (κ3) is 9.49. The van der Waals surface area contributed by atoms with Gasteiger partial charge < -0.3 is 14.9 Å². The molecule has 2 N–H and O–H groups in total. The molecule has 0 aromatic heterocycles. The average Bonchev–Trinajstić information content (AvgIpc) is 3.11. The summed E-state index contributed by atoms with van der Waals surface area (Å²) in [6.07, 6.45) is 8.04. The molecule has 4 aromatic carbocycles. The van der Waals surface area contributed by atoms with E-state index in [1.165, 1.54) is 0 Å². The van der Waals surface area contributed by atoms with Gasteiger partial charge in [-0.05, 0) is 58.1 Å². The molecule has 0 aliphatic heterocycles. The molecule has 0 bridgehead atoms. The molecule has 5 heteroatoms. The summed E-state index contributed by atoms with van der Waals surface area (Å²) in [4.78, 5) is 27.5. The third-order valence-electron chi connectivity index (χ3n) is 10.8. The predicted molar refractivity (Wildman–Crippen MR) is 209 cm³/mol. The Hall–Kier alpha value is -4.38. The number of aromatic hydroxyl groups is 1. The van der Waals surface area contributed by atoms with Crippen LogP contribution in [0.15, 0.2) is 84.9 Å². The summed E-state index contributed by atoms with van der Waals surface area (Å²) in [7, 11) is 0. The van der Waals surface area contributed by atoms with Gasteiger partial charge in [-0.3, -0.25) is 0 Å². The summed E-state index contributed by atoms with van der Waals surface area (Å²) in [5.41, 5.74) is 4.38. The predicted octanol–water partition coefficient (Wildman–Crippen LogP) is 12.3. The molecule has 51 heavy (non-hydrogen) atoms. The van der Waals surface area contributed by atoms with Gasteiger partial charge in [0.15, 0.2) is 0 Å². The zero-order chi connectivity index (χ0) is 37.3. The number of carboxylic acids is 1. The van der Waals surface area contributed by atoms with Crippen molar-refractivity contribution in [3.05, 3.63) is 129 Å². The molecule has 0 aliphatic carbocycles. The van der Waals surface area contributed by atoms with Crippen LogP contribution in [0.5, 0.6) is 11.5 Å². The Bertz CT molecular complexity index is 1770. The van der Waals surface area contributed by atoms with E-state index in [-0.39, 0.29) is 39.9 Å². The van der Waals surface area contributed by atoms with E-state index in [1.807, 2.05) is 73.7 Å². The second-order valence-electron chi connectivity index (χ2n) is 15.5. The molecule has 4 rings (SSSR count). The first-order valence-electron chi connectivity index (χ1n) is 18.8. The number of carbonyl (C=O) groups excluding carboxylic acids is 1. The van der Waals surface area contributed by atoms with Crippen LogP contribution in [0, 0.1) is 0 Å². The number of rotatable bonds is 17. The zero-order valence-electron chi connectivity index (χ0n) is 32.0. The normalized spacial score (nSPS) is 13.1. The lowest BCUT2D eigenvalue weighted by molar-refractivity contribution is 0.0678. The lowest BCUT2D eigenvalue weighted by Crippen LogP contribution is -2.25. The molecule has 0 heterocycles. The molecule has 0 saturated heterocycles. The Kier molecular flexibility index (Phi) is 13.3. The van der Waals surface area contributed by atoms with Crippen LogP contribution in [-0.4, -0.2) is 22.2 Å². The van der Waals surface area contributed by atoms with Crippen LogP contribution in [0.3, 0.4) is 0 Å². The fourth-order valence-electron chi connectivity index (χ4n) is 7.12. The molecule has 0 radical (unpaired) electrons. The summed E-state index contributed by atoms with van der Waals surface area (Å²) in [6, 6.07) is 27.4. The van der Waals surface area contributed by atoms with E-state index in [9.17, 15) is 19.8 Å². The van der Waals surface area contributed by atoms with Crippen LogP contribution in [0.1, 0.15) is 173 Å². The molecule has 0 fully saturated rings. The number of unbranched alkanes of at least 4 members (excludes halogenated alkanes) is 4. The van der Waals surface area contributed by atoms with Gasteiger partial charge in [-0.15, -0.1) is 0 Å². The average molecular weight is 691 g/mol. The summed E-state index contributed by atoms with van der Waals surface area (Å²) in [5.74, 6) is -2.34. The number of hydrogen-bond acceptors (Lipinski definition) is 4. The monoisotopic (exact) mass is 690 g/mol. The molecular formula is C46H58O5. The Morgan fingerprint density at radius 3 is 1.73 bits per heavy atom. The van der Waals surface area contributed by atoms with Crippen LogP contribution >= 0.6 is 0 Å². The fourth-order valence-corrected chi connectivity index (χ4v) is 7.12. The van der Waals surface area contributed by atoms with Crippen molar-refractivity contribution in [1.82, 2.24) is 0 Å². The van der Waals surface area contributed by atoms with Crippen LogP contribution in [0.4, 0.5) is 0 Å². The number of aromatic carboxylic acids is 1. The lowest BCUT2D eigenvalue weighted by Gasteiger charge is -2.32. The standard InChI is InChI=1S/C46H58O5/c1-9-11-19-25-45(5,6)36-29-39(43(48)49)42(40(30-36)46(7,8)26-20-12-10-2)51-44(50)38-28-35(31(3)33-21-15-13-16-22-33)27-37(41(38)47)32(4)34-23-17-14-18-24-34/h13-18,21-24,27-32,47H,9-12,19-20,25-26H2,1-8H3,(H,48,49). The van der Waals surface area contributed by atoms with Crippen molar-refractivity contribution >= 4 is 11.9 Å². The number of ether oxygens (including phenoxy) is 1. The SMILES string of the molecule is CCCCCC(C)(C)c1cc(C(=O)O)c(OC(=O)c2cc(C(C)c3ccccc3)cc(C(C)c3ccccc3)c2O)c(C(C)(C)CCCCC)c1. The van der Waals surface area contributed by atoms with Gasteiger partial charge in [-0.2, -0.15) is 0 Å². The van der Waals surface area contributed by atoms with Crippen LogP contribution in [-0.2, 0) is 10.8 Å². The number of carboxylic acid groups (broad SMARTS) is 1. The summed E-state index contributed by atoms with van der Waals surface area (Å²) in [5, 5.41) is 22.5. The summed E-state index contributed by atoms with van der Waals surface area (Å²) >= 11 is 0. The maximum Gasteiger partial charge on any atom is 0.347 e. The van der Waals surface area contributed by atoms with E-state index in [1.54, 1.807) is 12.1 Å². The molecule has 0 amide bonds. The number of carbonyl (C=O) groups is 2. The van der Waals surface area contributed by atoms with E-state index in [4.69, 9.17) is 4.74 Å². The second kappa shape index (κ2) is 17.2. The van der Waals surface area contributed by atoms with Gasteiger partial charge in [0.05, 0.1) is 0 Å². The maximum absolute atomic E-state index is 14.5. The van der Waals surface area contributed by atoms with E-state index >= 15 is 0 Å². The van der Waals surface area contributed by atoms with Crippen molar-refractivity contribution in [2.75, 3.05) is 0 Å². The van der Waals surface area contributed by atoms with E-state index in [0.717, 1.165) is 73.6 Å². The van der Waals surface area contributed by atoms with Gasteiger partial charge in [0.1, 0.15) is 22.6 Å². The fraction of sp³-hybridized carbons (Fsp3) is 0.435. The van der Waals surface area contributed by atoms with Gasteiger partial charge in [0.25, 0.3) is 0 Å². The molecule has 2 unspecified atom stereocenters. The molecular weight excluding hydrogens is 633 g/mol. The first-order valence-corrected chi connectivity index (χ1v) is 18.8. The highest BCUT2D eigenvalue weighted by Gasteiger charge is 2.34. The Morgan fingerprint density at radius 2 is 1.20 bits per heavy atom. The topological polar surface area (TPSA) is 83.8 Å². The van der Waals surface area contributed by atoms with Crippen molar-refractivity contribution in [3.8, 4) is 11.5 Å². The van der Waals surface area contributed by atoms with E-state index in [0.29, 0.717) is 11.1 Å². The Labute approximate surface area is 306 Å². The number of phenolic OH excluding ortho intramolecular Hbond substituents is 1. The first kappa shape index (κ1) is 39.4. The first-order chi connectivity index (χ1) is 24.2. The van der Waals surface area contributed by atoms with E-state index in [2.05, 4.69) is 54.5 Å². The Balaban J connectivity index is 1.90. The Morgan fingerprint density at radius 1 is 0.667 bits per heavy atom. The highest BCUT2D eigenvalue weighted by Crippen LogP contribution is 2.44. The zero-order valence-corrected chi connectivity index (χ0v) is 32.0. The number of phenols is 1.